The number of phenols is 1. The fraction of sp³-hybridized carbons (Fsp3) is 0.190. The predicted molar refractivity (Wildman–Crippen MR) is 101 cm³/mol. The summed E-state index contributed by atoms with van der Waals surface area (Å²) in [5.41, 5.74) is 2.00. The summed E-state index contributed by atoms with van der Waals surface area (Å²) in [6.45, 7) is 6.02. The summed E-state index contributed by atoms with van der Waals surface area (Å²) in [7, 11) is 0. The van der Waals surface area contributed by atoms with E-state index in [2.05, 4.69) is 6.58 Å². The van der Waals surface area contributed by atoms with Gasteiger partial charge < -0.3 is 14.6 Å². The molecule has 0 aliphatic carbocycles. The number of rotatable bonds is 6. The molecule has 25 heavy (non-hydrogen) atoms. The molecule has 2 aromatic rings. The van der Waals surface area contributed by atoms with Crippen molar-refractivity contribution in [3.05, 3.63) is 78.6 Å². The van der Waals surface area contributed by atoms with E-state index in [-0.39, 0.29) is 0 Å². The van der Waals surface area contributed by atoms with E-state index in [4.69, 9.17) is 14.6 Å². The van der Waals surface area contributed by atoms with E-state index in [1.165, 1.54) is 6.26 Å². The lowest BCUT2D eigenvalue weighted by Crippen LogP contribution is -2.04. The smallest absolute Gasteiger partial charge is 0.508 e. The van der Waals surface area contributed by atoms with Gasteiger partial charge in [0, 0.05) is 0 Å². The third-order valence-corrected chi connectivity index (χ3v) is 3.07. The lowest BCUT2D eigenvalue weighted by atomic mass is 10.2. The van der Waals surface area contributed by atoms with Crippen LogP contribution in [-0.4, -0.2) is 17.9 Å². The van der Waals surface area contributed by atoms with Gasteiger partial charge in [-0.3, -0.25) is 0 Å². The standard InChI is InChI=1S/C13H16O3.C8H8O/c1-2-3-10-15-13(14)16-11-9-12-7-5-4-6-8-12;1-2-7-3-5-8(9)6-4-7/h4-9,11H,2-3,10H2,1H3;2-6,9H,1H2. The first-order chi connectivity index (χ1) is 12.2. The quantitative estimate of drug-likeness (QED) is 0.420. The van der Waals surface area contributed by atoms with Crippen LogP contribution in [0.15, 0.2) is 67.4 Å². The minimum absolute atomic E-state index is 0.292. The first kappa shape index (κ1) is 20.0. The Morgan fingerprint density at radius 1 is 1.08 bits per heavy atom. The number of ether oxygens (including phenoxy) is 2. The summed E-state index contributed by atoms with van der Waals surface area (Å²) in [6.07, 6.45) is 5.98. The number of phenolic OH excluding ortho intramolecular Hbond substituents is 1. The van der Waals surface area contributed by atoms with Crippen LogP contribution < -0.4 is 0 Å². The second-order valence-corrected chi connectivity index (χ2v) is 5.08. The van der Waals surface area contributed by atoms with Gasteiger partial charge in [0.25, 0.3) is 0 Å². The zero-order valence-electron chi connectivity index (χ0n) is 14.4. The molecule has 0 unspecified atom stereocenters. The number of unbranched alkanes of at least 4 members (excludes halogenated alkanes) is 1. The molecule has 2 aromatic carbocycles. The van der Waals surface area contributed by atoms with E-state index >= 15 is 0 Å². The average Bonchev–Trinajstić information content (AvgIpc) is 2.64. The van der Waals surface area contributed by atoms with Crippen LogP contribution in [0.25, 0.3) is 12.2 Å². The van der Waals surface area contributed by atoms with Gasteiger partial charge in [-0.25, -0.2) is 4.79 Å². The number of hydrogen-bond acceptors (Lipinski definition) is 4. The summed E-state index contributed by atoms with van der Waals surface area (Å²) >= 11 is 0. The van der Waals surface area contributed by atoms with Gasteiger partial charge in [-0.1, -0.05) is 68.5 Å². The summed E-state index contributed by atoms with van der Waals surface area (Å²) in [5, 5.41) is 8.82. The maximum absolute atomic E-state index is 11.0. The van der Waals surface area contributed by atoms with Crippen LogP contribution in [0, 0.1) is 0 Å². The maximum Gasteiger partial charge on any atom is 0.513 e. The van der Waals surface area contributed by atoms with Crippen molar-refractivity contribution in [1.82, 2.24) is 0 Å². The Morgan fingerprint density at radius 2 is 1.76 bits per heavy atom. The first-order valence-corrected chi connectivity index (χ1v) is 8.12. The van der Waals surface area contributed by atoms with E-state index in [0.717, 1.165) is 24.0 Å². The van der Waals surface area contributed by atoms with Crippen LogP contribution in [0.3, 0.4) is 0 Å². The SMILES string of the molecule is C=Cc1ccc(O)cc1.CCCCOC(=O)OC=Cc1ccccc1. The molecule has 0 heterocycles. The second kappa shape index (κ2) is 12.4. The van der Waals surface area contributed by atoms with Crippen molar-refractivity contribution in [2.24, 2.45) is 0 Å². The molecule has 0 spiro atoms. The molecule has 0 radical (unpaired) electrons. The minimum Gasteiger partial charge on any atom is -0.508 e. The molecule has 0 bridgehead atoms. The molecule has 0 aliphatic rings. The fourth-order valence-electron chi connectivity index (χ4n) is 1.68. The van der Waals surface area contributed by atoms with Crippen molar-refractivity contribution >= 4 is 18.3 Å². The van der Waals surface area contributed by atoms with E-state index in [1.54, 1.807) is 24.3 Å². The van der Waals surface area contributed by atoms with Crippen LogP contribution in [0.5, 0.6) is 5.75 Å². The van der Waals surface area contributed by atoms with Crippen molar-refractivity contribution in [3.63, 3.8) is 0 Å². The molecule has 0 fully saturated rings. The van der Waals surface area contributed by atoms with Crippen LogP contribution in [0.4, 0.5) is 4.79 Å². The number of benzene rings is 2. The lowest BCUT2D eigenvalue weighted by molar-refractivity contribution is 0.0841. The van der Waals surface area contributed by atoms with Crippen LogP contribution >= 0.6 is 0 Å². The van der Waals surface area contributed by atoms with Crippen molar-refractivity contribution in [3.8, 4) is 5.75 Å². The van der Waals surface area contributed by atoms with E-state index in [1.807, 2.05) is 49.4 Å². The zero-order valence-corrected chi connectivity index (χ0v) is 14.4. The van der Waals surface area contributed by atoms with Gasteiger partial charge in [0.15, 0.2) is 0 Å². The molecule has 1 N–H and O–H groups in total. The van der Waals surface area contributed by atoms with E-state index in [0.29, 0.717) is 12.4 Å². The predicted octanol–water partition coefficient (Wildman–Crippen LogP) is 5.65. The average molecular weight is 340 g/mol. The molecule has 0 aromatic heterocycles. The summed E-state index contributed by atoms with van der Waals surface area (Å²) in [5.74, 6) is 0.292. The Kier molecular flexibility index (Phi) is 9.95. The molecule has 0 saturated heterocycles. The molecule has 2 rings (SSSR count). The molecule has 4 nitrogen and oxygen atoms in total. The summed E-state index contributed by atoms with van der Waals surface area (Å²) < 4.78 is 9.56. The molecular formula is C21H24O4. The second-order valence-electron chi connectivity index (χ2n) is 5.08. The number of carbonyl (C=O) groups excluding carboxylic acids is 1. The fourth-order valence-corrected chi connectivity index (χ4v) is 1.68. The Morgan fingerprint density at radius 3 is 2.36 bits per heavy atom. The van der Waals surface area contributed by atoms with Crippen molar-refractivity contribution in [2.75, 3.05) is 6.61 Å². The highest BCUT2D eigenvalue weighted by Crippen LogP contribution is 2.09. The topological polar surface area (TPSA) is 55.8 Å². The van der Waals surface area contributed by atoms with Gasteiger partial charge in [0.05, 0.1) is 12.9 Å². The highest BCUT2D eigenvalue weighted by molar-refractivity contribution is 5.62. The highest BCUT2D eigenvalue weighted by Gasteiger charge is 1.99. The molecular weight excluding hydrogens is 316 g/mol. The number of hydrogen-bond donors (Lipinski definition) is 1. The summed E-state index contributed by atoms with van der Waals surface area (Å²) in [4.78, 5) is 11.0. The van der Waals surface area contributed by atoms with E-state index < -0.39 is 6.16 Å². The van der Waals surface area contributed by atoms with Gasteiger partial charge in [0.1, 0.15) is 5.75 Å². The van der Waals surface area contributed by atoms with Crippen LogP contribution in [-0.2, 0) is 9.47 Å². The highest BCUT2D eigenvalue weighted by atomic mass is 16.7. The normalized spacial score (nSPS) is 9.80. The Labute approximate surface area is 149 Å². The molecule has 0 saturated carbocycles. The van der Waals surface area contributed by atoms with Gasteiger partial charge in [-0.2, -0.15) is 0 Å². The Bertz CT molecular complexity index is 645. The van der Waals surface area contributed by atoms with Gasteiger partial charge in [-0.05, 0) is 35.8 Å². The molecule has 0 aliphatic heterocycles. The van der Waals surface area contributed by atoms with Crippen LogP contribution in [0.1, 0.15) is 30.9 Å². The molecule has 132 valence electrons. The van der Waals surface area contributed by atoms with E-state index in [9.17, 15) is 4.79 Å². The zero-order chi connectivity index (χ0) is 18.3. The Balaban J connectivity index is 0.000000293. The van der Waals surface area contributed by atoms with Gasteiger partial charge in [-0.15, -0.1) is 0 Å². The monoisotopic (exact) mass is 340 g/mol. The number of aromatic hydroxyl groups is 1. The van der Waals surface area contributed by atoms with Crippen LogP contribution in [0.2, 0.25) is 0 Å². The van der Waals surface area contributed by atoms with Gasteiger partial charge >= 0.3 is 6.16 Å². The first-order valence-electron chi connectivity index (χ1n) is 8.12. The maximum atomic E-state index is 11.0. The van der Waals surface area contributed by atoms with Crippen molar-refractivity contribution in [2.45, 2.75) is 19.8 Å². The molecule has 0 atom stereocenters. The summed E-state index contributed by atoms with van der Waals surface area (Å²) in [6, 6.07) is 16.5. The molecule has 0 amide bonds. The third-order valence-electron chi connectivity index (χ3n) is 3.07. The largest absolute Gasteiger partial charge is 0.513 e. The van der Waals surface area contributed by atoms with Gasteiger partial charge in [0.2, 0.25) is 0 Å². The third kappa shape index (κ3) is 9.66. The number of carbonyl (C=O) groups is 1. The lowest BCUT2D eigenvalue weighted by Gasteiger charge is -2.00. The molecule has 4 heteroatoms. The van der Waals surface area contributed by atoms with Crippen molar-refractivity contribution in [1.29, 1.82) is 0 Å². The van der Waals surface area contributed by atoms with Crippen molar-refractivity contribution < 1.29 is 19.4 Å². The minimum atomic E-state index is -0.652. The Hall–Kier alpha value is -3.01.